The third-order valence-electron chi connectivity index (χ3n) is 3.41. The zero-order valence-electron chi connectivity index (χ0n) is 14.4. The topological polar surface area (TPSA) is 59.9 Å². The van der Waals surface area contributed by atoms with E-state index in [1.165, 1.54) is 6.21 Å². The van der Waals surface area contributed by atoms with Crippen molar-refractivity contribution in [3.8, 4) is 11.5 Å². The maximum atomic E-state index is 12.0. The summed E-state index contributed by atoms with van der Waals surface area (Å²) in [6.07, 6.45) is 1.52. The maximum Gasteiger partial charge on any atom is 0.277 e. The van der Waals surface area contributed by atoms with E-state index >= 15 is 0 Å². The highest BCUT2D eigenvalue weighted by atomic mass is 79.9. The van der Waals surface area contributed by atoms with E-state index in [9.17, 15) is 4.79 Å². The molecular weight excluding hydrogens is 532 g/mol. The van der Waals surface area contributed by atoms with Gasteiger partial charge in [-0.1, -0.05) is 31.9 Å². The molecule has 26 heavy (non-hydrogen) atoms. The van der Waals surface area contributed by atoms with Gasteiger partial charge in [-0.05, 0) is 65.2 Å². The van der Waals surface area contributed by atoms with Crippen molar-refractivity contribution in [2.75, 3.05) is 13.7 Å². The number of nitrogens with zero attached hydrogens (tertiary/aromatic N) is 1. The number of ether oxygens (including phenoxy) is 2. The van der Waals surface area contributed by atoms with Gasteiger partial charge in [-0.3, -0.25) is 4.79 Å². The zero-order chi connectivity index (χ0) is 19.3. The fourth-order valence-electron chi connectivity index (χ4n) is 2.36. The predicted octanol–water partition coefficient (Wildman–Crippen LogP) is 5.13. The summed E-state index contributed by atoms with van der Waals surface area (Å²) < 4.78 is 13.6. The van der Waals surface area contributed by atoms with Gasteiger partial charge in [-0.25, -0.2) is 5.43 Å². The number of benzene rings is 2. The second-order valence-electron chi connectivity index (χ2n) is 5.46. The van der Waals surface area contributed by atoms with Gasteiger partial charge in [-0.15, -0.1) is 0 Å². The van der Waals surface area contributed by atoms with E-state index in [4.69, 9.17) is 9.47 Å². The van der Waals surface area contributed by atoms with Crippen molar-refractivity contribution in [3.05, 3.63) is 54.4 Å². The molecule has 2 aromatic carbocycles. The molecule has 0 heterocycles. The van der Waals surface area contributed by atoms with Crippen LogP contribution in [0.1, 0.15) is 16.7 Å². The van der Waals surface area contributed by atoms with Crippen molar-refractivity contribution < 1.29 is 14.3 Å². The Labute approximate surface area is 177 Å². The molecule has 138 valence electrons. The van der Waals surface area contributed by atoms with E-state index in [-0.39, 0.29) is 12.5 Å². The lowest BCUT2D eigenvalue weighted by Crippen LogP contribution is -2.25. The molecule has 0 unspecified atom stereocenters. The van der Waals surface area contributed by atoms with Crippen molar-refractivity contribution >= 4 is 59.9 Å². The number of halogens is 3. The summed E-state index contributed by atoms with van der Waals surface area (Å²) in [4.78, 5) is 12.0. The van der Waals surface area contributed by atoms with Gasteiger partial charge in [0, 0.05) is 14.5 Å². The van der Waals surface area contributed by atoms with Crippen molar-refractivity contribution in [1.29, 1.82) is 0 Å². The summed E-state index contributed by atoms with van der Waals surface area (Å²) in [5.41, 5.74) is 5.08. The molecule has 2 rings (SSSR count). The number of rotatable bonds is 6. The van der Waals surface area contributed by atoms with Crippen LogP contribution in [0.25, 0.3) is 0 Å². The SMILES string of the molecule is COc1c(Br)cc(Br)cc1/C=N\NC(=O)COc1c(C)cc(Br)cc1C. The summed E-state index contributed by atoms with van der Waals surface area (Å²) in [5.74, 6) is 0.976. The number of amides is 1. The van der Waals surface area contributed by atoms with E-state index in [0.29, 0.717) is 11.5 Å². The molecule has 8 heteroatoms. The first-order valence-electron chi connectivity index (χ1n) is 7.56. The van der Waals surface area contributed by atoms with E-state index in [2.05, 4.69) is 58.3 Å². The summed E-state index contributed by atoms with van der Waals surface area (Å²) in [5, 5.41) is 3.97. The summed E-state index contributed by atoms with van der Waals surface area (Å²) in [7, 11) is 1.57. The van der Waals surface area contributed by atoms with Crippen molar-refractivity contribution in [2.24, 2.45) is 5.10 Å². The standard InChI is InChI=1S/C18H17Br3N2O3/c1-10-4-13(19)5-11(2)17(10)26-9-16(24)23-22-8-12-6-14(20)7-15(21)18(12)25-3/h4-8H,9H2,1-3H3,(H,23,24)/b22-8-. The molecule has 0 aliphatic rings. The zero-order valence-corrected chi connectivity index (χ0v) is 19.2. The molecule has 1 N–H and O–H groups in total. The predicted molar refractivity (Wildman–Crippen MR) is 113 cm³/mol. The normalized spacial score (nSPS) is 10.8. The van der Waals surface area contributed by atoms with Crippen LogP contribution in [0.15, 0.2) is 42.8 Å². The second-order valence-corrected chi connectivity index (χ2v) is 8.15. The van der Waals surface area contributed by atoms with Crippen LogP contribution < -0.4 is 14.9 Å². The molecular formula is C18H17Br3N2O3. The first-order chi connectivity index (χ1) is 12.3. The molecule has 0 fully saturated rings. The van der Waals surface area contributed by atoms with E-state index in [0.717, 1.165) is 30.1 Å². The molecule has 1 amide bonds. The molecule has 2 aromatic rings. The molecule has 0 atom stereocenters. The molecule has 0 aliphatic carbocycles. The van der Waals surface area contributed by atoms with E-state index < -0.39 is 0 Å². The van der Waals surface area contributed by atoms with Gasteiger partial charge in [0.05, 0.1) is 17.8 Å². The highest BCUT2D eigenvalue weighted by Gasteiger charge is 2.09. The van der Waals surface area contributed by atoms with Gasteiger partial charge in [0.25, 0.3) is 5.91 Å². The molecule has 0 bridgehead atoms. The average Bonchev–Trinajstić information content (AvgIpc) is 2.53. The largest absolute Gasteiger partial charge is 0.495 e. The molecule has 5 nitrogen and oxygen atoms in total. The van der Waals surface area contributed by atoms with Crippen LogP contribution in [0.5, 0.6) is 11.5 Å². The van der Waals surface area contributed by atoms with Crippen molar-refractivity contribution in [3.63, 3.8) is 0 Å². The van der Waals surface area contributed by atoms with Gasteiger partial charge in [0.2, 0.25) is 0 Å². The van der Waals surface area contributed by atoms with Gasteiger partial charge >= 0.3 is 0 Å². The summed E-state index contributed by atoms with van der Waals surface area (Å²) >= 11 is 10.3. The van der Waals surface area contributed by atoms with Gasteiger partial charge in [0.1, 0.15) is 11.5 Å². The van der Waals surface area contributed by atoms with Crippen LogP contribution in [-0.2, 0) is 4.79 Å². The van der Waals surface area contributed by atoms with Crippen LogP contribution in [0, 0.1) is 13.8 Å². The fraction of sp³-hybridized carbons (Fsp3) is 0.222. The number of hydrogen-bond donors (Lipinski definition) is 1. The quantitative estimate of drug-likeness (QED) is 0.402. The number of aryl methyl sites for hydroxylation is 2. The van der Waals surface area contributed by atoms with Crippen LogP contribution in [0.4, 0.5) is 0 Å². The smallest absolute Gasteiger partial charge is 0.277 e. The molecule has 0 radical (unpaired) electrons. The minimum atomic E-state index is -0.351. The Morgan fingerprint density at radius 3 is 2.31 bits per heavy atom. The van der Waals surface area contributed by atoms with Gasteiger partial charge in [0.15, 0.2) is 6.61 Å². The number of carbonyl (C=O) groups excluding carboxylic acids is 1. The number of nitrogens with one attached hydrogen (secondary N) is 1. The maximum absolute atomic E-state index is 12.0. The lowest BCUT2D eigenvalue weighted by Gasteiger charge is -2.12. The van der Waals surface area contributed by atoms with Gasteiger partial charge < -0.3 is 9.47 Å². The van der Waals surface area contributed by atoms with Crippen LogP contribution in [0.2, 0.25) is 0 Å². The Bertz CT molecular complexity index is 831. The first kappa shape index (κ1) is 20.9. The number of methoxy groups -OCH3 is 1. The minimum Gasteiger partial charge on any atom is -0.495 e. The second kappa shape index (κ2) is 9.53. The molecule has 0 saturated carbocycles. The van der Waals surface area contributed by atoms with Crippen LogP contribution >= 0.6 is 47.8 Å². The third kappa shape index (κ3) is 5.56. The molecule has 0 spiro atoms. The average molecular weight is 549 g/mol. The Balaban J connectivity index is 1.99. The van der Waals surface area contributed by atoms with Crippen molar-refractivity contribution in [2.45, 2.75) is 13.8 Å². The highest BCUT2D eigenvalue weighted by Crippen LogP contribution is 2.31. The fourth-order valence-corrected chi connectivity index (χ4v) is 4.47. The Kier molecular flexibility index (Phi) is 7.67. The first-order valence-corrected chi connectivity index (χ1v) is 9.94. The van der Waals surface area contributed by atoms with E-state index in [1.54, 1.807) is 7.11 Å². The lowest BCUT2D eigenvalue weighted by atomic mass is 10.1. The molecule has 0 saturated heterocycles. The molecule has 0 aromatic heterocycles. The summed E-state index contributed by atoms with van der Waals surface area (Å²) in [6, 6.07) is 7.58. The number of hydrazone groups is 1. The Morgan fingerprint density at radius 1 is 1.08 bits per heavy atom. The summed E-state index contributed by atoms with van der Waals surface area (Å²) in [6.45, 7) is 3.74. The van der Waals surface area contributed by atoms with E-state index in [1.807, 2.05) is 38.1 Å². The van der Waals surface area contributed by atoms with Gasteiger partial charge in [-0.2, -0.15) is 5.10 Å². The highest BCUT2D eigenvalue weighted by molar-refractivity contribution is 9.11. The van der Waals surface area contributed by atoms with Crippen molar-refractivity contribution in [1.82, 2.24) is 5.43 Å². The van der Waals surface area contributed by atoms with Crippen LogP contribution in [0.3, 0.4) is 0 Å². The third-order valence-corrected chi connectivity index (χ3v) is 4.91. The minimum absolute atomic E-state index is 0.125. The monoisotopic (exact) mass is 546 g/mol. The molecule has 0 aliphatic heterocycles. The van der Waals surface area contributed by atoms with Crippen LogP contribution in [-0.4, -0.2) is 25.8 Å². The lowest BCUT2D eigenvalue weighted by molar-refractivity contribution is -0.123. The number of hydrogen-bond acceptors (Lipinski definition) is 4. The Morgan fingerprint density at radius 2 is 1.69 bits per heavy atom. The number of carbonyl (C=O) groups is 1. The Hall–Kier alpha value is -1.38.